The van der Waals surface area contributed by atoms with Crippen molar-refractivity contribution in [3.8, 4) is 0 Å². The third-order valence-electron chi connectivity index (χ3n) is 11.3. The summed E-state index contributed by atoms with van der Waals surface area (Å²) >= 11 is 6.90. The number of benzene rings is 3. The van der Waals surface area contributed by atoms with Crippen LogP contribution in [0.4, 0.5) is 11.5 Å². The molecule has 0 unspecified atom stereocenters. The minimum atomic E-state index is -2.76. The Morgan fingerprint density at radius 3 is 2.20 bits per heavy atom. The number of hydrogen-bond acceptors (Lipinski definition) is 7. The number of hydrogen-bond donors (Lipinski definition) is 1. The van der Waals surface area contributed by atoms with Gasteiger partial charge >= 0.3 is 0 Å². The molecule has 3 aliphatic rings. The average molecular weight is 713 g/mol. The first-order chi connectivity index (χ1) is 24.0. The van der Waals surface area contributed by atoms with Crippen LogP contribution >= 0.6 is 11.6 Å². The van der Waals surface area contributed by atoms with Crippen LogP contribution in [-0.2, 0) is 18.7 Å². The highest BCUT2D eigenvalue weighted by Gasteiger charge is 2.56. The number of nitrogens with zero attached hydrogens (tertiary/aromatic N) is 3. The van der Waals surface area contributed by atoms with E-state index >= 15 is 0 Å². The van der Waals surface area contributed by atoms with E-state index in [1.165, 1.54) is 10.4 Å². The first-order valence-corrected chi connectivity index (χ1v) is 20.1. The van der Waals surface area contributed by atoms with Crippen LogP contribution in [0.2, 0.25) is 10.1 Å². The first-order valence-electron chi connectivity index (χ1n) is 17.8. The van der Waals surface area contributed by atoms with Crippen molar-refractivity contribution in [1.29, 1.82) is 0 Å². The molecule has 3 aromatic carbocycles. The number of piperazine rings is 1. The van der Waals surface area contributed by atoms with Crippen molar-refractivity contribution in [2.24, 2.45) is 5.92 Å². The topological polar surface area (TPSA) is 76.2 Å². The van der Waals surface area contributed by atoms with Gasteiger partial charge in [-0.2, -0.15) is 0 Å². The maximum absolute atomic E-state index is 12.8. The largest absolute Gasteiger partial charge is 0.400 e. The van der Waals surface area contributed by atoms with Crippen LogP contribution in [0.15, 0.2) is 85.1 Å². The van der Waals surface area contributed by atoms with E-state index in [9.17, 15) is 4.79 Å². The van der Waals surface area contributed by atoms with Crippen molar-refractivity contribution in [3.05, 3.63) is 90.1 Å². The molecule has 8 nitrogen and oxygen atoms in total. The zero-order valence-corrected chi connectivity index (χ0v) is 31.6. The first kappa shape index (κ1) is 35.1. The summed E-state index contributed by atoms with van der Waals surface area (Å²) in [5.41, 5.74) is 0.714. The zero-order valence-electron chi connectivity index (χ0n) is 29.8. The zero-order chi connectivity index (χ0) is 35.1. The number of methoxy groups -OCH3 is 1. The number of rotatable bonds is 9. The molecule has 4 aromatic rings. The lowest BCUT2D eigenvalue weighted by Crippen LogP contribution is -2.71. The molecule has 0 spiro atoms. The molecule has 1 saturated carbocycles. The highest BCUT2D eigenvalue weighted by molar-refractivity contribution is 6.99. The Labute approximate surface area is 302 Å². The number of amides is 1. The maximum atomic E-state index is 12.8. The van der Waals surface area contributed by atoms with Crippen molar-refractivity contribution >= 4 is 58.5 Å². The average Bonchev–Trinajstić information content (AvgIpc) is 3.47. The van der Waals surface area contributed by atoms with Crippen molar-refractivity contribution < 1.29 is 18.7 Å². The van der Waals surface area contributed by atoms with E-state index in [0.29, 0.717) is 24.1 Å². The van der Waals surface area contributed by atoms with Crippen molar-refractivity contribution in [1.82, 2.24) is 9.88 Å². The molecule has 10 heteroatoms. The molecule has 3 heterocycles. The lowest BCUT2D eigenvalue weighted by atomic mass is 9.81. The number of fused-ring (bicyclic) bond motifs is 1. The van der Waals surface area contributed by atoms with E-state index in [2.05, 4.69) is 115 Å². The number of carbonyl (C=O) groups is 1. The highest BCUT2D eigenvalue weighted by Crippen LogP contribution is 2.41. The van der Waals surface area contributed by atoms with Gasteiger partial charge in [-0.05, 0) is 58.8 Å². The standard InChI is InChI=1S/C40H49ClN4O4Si/c1-39(2,3)50(32-12-8-6-9-13-32,33-14-10-7-11-15-33)49-36-26-48-27-40(36,4)45-18-16-44(17-19-45)35-23-28-24-37(42-25-30(28)22-34(35)41)43-38(46)29-20-31(21-29)47-5/h6-15,22-25,29,31,36H,16-21,26-27H2,1-5H3,(H,42,43,46)/t29-,31-,36-,40+/m0/s1. The molecule has 3 fully saturated rings. The van der Waals surface area contributed by atoms with Gasteiger partial charge in [0.2, 0.25) is 5.91 Å². The van der Waals surface area contributed by atoms with Gasteiger partial charge in [-0.15, -0.1) is 0 Å². The van der Waals surface area contributed by atoms with Crippen LogP contribution < -0.4 is 20.6 Å². The third-order valence-corrected chi connectivity index (χ3v) is 16.6. The van der Waals surface area contributed by atoms with Gasteiger partial charge in [0, 0.05) is 50.8 Å². The summed E-state index contributed by atoms with van der Waals surface area (Å²) < 4.78 is 19.3. The second-order valence-electron chi connectivity index (χ2n) is 15.4. The van der Waals surface area contributed by atoms with Crippen molar-refractivity contribution in [3.63, 3.8) is 0 Å². The number of halogens is 1. The van der Waals surface area contributed by atoms with Gasteiger partial charge in [0.05, 0.1) is 41.7 Å². The Balaban J connectivity index is 1.09. The molecule has 0 bridgehead atoms. The van der Waals surface area contributed by atoms with E-state index in [4.69, 9.17) is 25.5 Å². The normalized spacial score (nSPS) is 24.7. The smallest absolute Gasteiger partial charge is 0.261 e. The Morgan fingerprint density at radius 2 is 1.60 bits per heavy atom. The molecular weight excluding hydrogens is 664 g/mol. The van der Waals surface area contributed by atoms with Crippen LogP contribution in [0.25, 0.3) is 10.8 Å². The van der Waals surface area contributed by atoms with Crippen LogP contribution in [0.5, 0.6) is 0 Å². The fourth-order valence-electron chi connectivity index (χ4n) is 8.13. The minimum Gasteiger partial charge on any atom is -0.400 e. The lowest BCUT2D eigenvalue weighted by molar-refractivity contribution is -0.127. The fourth-order valence-corrected chi connectivity index (χ4v) is 13.2. The third kappa shape index (κ3) is 6.48. The van der Waals surface area contributed by atoms with E-state index in [1.807, 2.05) is 12.1 Å². The van der Waals surface area contributed by atoms with Crippen LogP contribution in [0.1, 0.15) is 40.5 Å². The van der Waals surface area contributed by atoms with Gasteiger partial charge in [-0.25, -0.2) is 4.98 Å². The van der Waals surface area contributed by atoms with E-state index < -0.39 is 8.32 Å². The molecule has 7 rings (SSSR count). The van der Waals surface area contributed by atoms with Crippen molar-refractivity contribution in [2.45, 2.75) is 63.3 Å². The predicted molar refractivity (Wildman–Crippen MR) is 204 cm³/mol. The van der Waals surface area contributed by atoms with Crippen LogP contribution in [0.3, 0.4) is 0 Å². The molecule has 2 saturated heterocycles. The Hall–Kier alpha value is -3.31. The molecule has 1 aromatic heterocycles. The second kappa shape index (κ2) is 14.0. The molecule has 1 aliphatic carbocycles. The second-order valence-corrected chi connectivity index (χ2v) is 20.0. The summed E-state index contributed by atoms with van der Waals surface area (Å²) in [6.07, 6.45) is 3.36. The molecule has 1 N–H and O–H groups in total. The summed E-state index contributed by atoms with van der Waals surface area (Å²) in [4.78, 5) is 22.2. The minimum absolute atomic E-state index is 0.00271. The van der Waals surface area contributed by atoms with Crippen LogP contribution in [0, 0.1) is 5.92 Å². The highest BCUT2D eigenvalue weighted by atomic mass is 35.5. The van der Waals surface area contributed by atoms with E-state index in [-0.39, 0.29) is 34.6 Å². The van der Waals surface area contributed by atoms with E-state index in [0.717, 1.165) is 55.5 Å². The SMILES string of the molecule is CO[C@H]1C[C@H](C(=O)Nc2cc3cc(N4CCN([C@]5(C)COC[C@@H]5O[Si](c5ccccc5)(c5ccccc5)C(C)(C)C)CC4)c(Cl)cc3cn2)C1. The van der Waals surface area contributed by atoms with Gasteiger partial charge in [0.25, 0.3) is 8.32 Å². The Morgan fingerprint density at radius 1 is 0.960 bits per heavy atom. The Bertz CT molecular complexity index is 1770. The maximum Gasteiger partial charge on any atom is 0.261 e. The number of carbonyl (C=O) groups excluding carboxylic acids is 1. The molecular formula is C40H49ClN4O4Si. The van der Waals surface area contributed by atoms with E-state index in [1.54, 1.807) is 13.3 Å². The van der Waals surface area contributed by atoms with Crippen LogP contribution in [-0.4, -0.2) is 88.4 Å². The van der Waals surface area contributed by atoms with Gasteiger partial charge in [0.1, 0.15) is 5.82 Å². The van der Waals surface area contributed by atoms with Gasteiger partial charge in [-0.1, -0.05) is 93.0 Å². The predicted octanol–water partition coefficient (Wildman–Crippen LogP) is 6.11. The van der Waals surface area contributed by atoms with Gasteiger partial charge in [-0.3, -0.25) is 9.69 Å². The summed E-state index contributed by atoms with van der Waals surface area (Å²) in [5, 5.41) is 8.09. The summed E-state index contributed by atoms with van der Waals surface area (Å²) in [6, 6.07) is 27.8. The molecule has 2 atom stereocenters. The summed E-state index contributed by atoms with van der Waals surface area (Å²) in [7, 11) is -1.07. The summed E-state index contributed by atoms with van der Waals surface area (Å²) in [6.45, 7) is 13.9. The molecule has 264 valence electrons. The molecule has 2 aliphatic heterocycles. The number of aromatic nitrogens is 1. The Kier molecular flexibility index (Phi) is 9.84. The number of anilines is 2. The molecule has 50 heavy (non-hydrogen) atoms. The monoisotopic (exact) mass is 712 g/mol. The number of nitrogens with one attached hydrogen (secondary N) is 1. The number of ether oxygens (including phenoxy) is 2. The number of pyridine rings is 1. The quantitative estimate of drug-likeness (QED) is 0.210. The lowest BCUT2D eigenvalue weighted by Gasteiger charge is -2.50. The molecule has 0 radical (unpaired) electrons. The molecule has 1 amide bonds. The van der Waals surface area contributed by atoms with Gasteiger partial charge < -0.3 is 24.1 Å². The fraction of sp³-hybridized carbons (Fsp3) is 0.450. The summed E-state index contributed by atoms with van der Waals surface area (Å²) in [5.74, 6) is 0.523. The van der Waals surface area contributed by atoms with Crippen molar-refractivity contribution in [2.75, 3.05) is 56.7 Å². The van der Waals surface area contributed by atoms with Gasteiger partial charge in [0.15, 0.2) is 0 Å².